The summed E-state index contributed by atoms with van der Waals surface area (Å²) in [6.07, 6.45) is 3.67. The van der Waals surface area contributed by atoms with E-state index >= 15 is 0 Å². The quantitative estimate of drug-likeness (QED) is 0.757. The average Bonchev–Trinajstić information content (AvgIpc) is 3.13. The number of benzene rings is 1. The number of H-pyrrole nitrogens is 1. The number of hydrogen-bond acceptors (Lipinski definition) is 4. The summed E-state index contributed by atoms with van der Waals surface area (Å²) < 4.78 is 13.3. The maximum absolute atomic E-state index is 13.3. The van der Waals surface area contributed by atoms with Crippen LogP contribution in [-0.4, -0.2) is 64.1 Å². The fourth-order valence-electron chi connectivity index (χ4n) is 3.47. The fraction of sp³-hybridized carbons (Fsp3) is 0.286. The lowest BCUT2D eigenvalue weighted by Gasteiger charge is -2.32. The van der Waals surface area contributed by atoms with Gasteiger partial charge in [-0.15, -0.1) is 0 Å². The van der Waals surface area contributed by atoms with Crippen molar-refractivity contribution in [3.8, 4) is 22.4 Å². The predicted molar refractivity (Wildman–Crippen MR) is 105 cm³/mol. The maximum atomic E-state index is 13.3. The molecule has 0 spiro atoms. The number of nitrogens with one attached hydrogen (secondary N) is 1. The molecule has 0 bridgehead atoms. The summed E-state index contributed by atoms with van der Waals surface area (Å²) in [7, 11) is 2.06. The van der Waals surface area contributed by atoms with Gasteiger partial charge in [0.2, 0.25) is 5.91 Å². The van der Waals surface area contributed by atoms with Crippen LogP contribution in [0.1, 0.15) is 5.69 Å². The Kier molecular flexibility index (Phi) is 5.16. The van der Waals surface area contributed by atoms with E-state index in [0.717, 1.165) is 48.6 Å². The number of nitrogens with zero attached hydrogens (tertiary/aromatic N) is 4. The van der Waals surface area contributed by atoms with Gasteiger partial charge in [-0.05, 0) is 49.0 Å². The van der Waals surface area contributed by atoms with Crippen molar-refractivity contribution in [2.75, 3.05) is 33.2 Å². The van der Waals surface area contributed by atoms with E-state index in [9.17, 15) is 9.18 Å². The van der Waals surface area contributed by atoms with Crippen molar-refractivity contribution in [2.24, 2.45) is 0 Å². The molecule has 3 heterocycles. The lowest BCUT2D eigenvalue weighted by molar-refractivity contribution is -0.132. The third-order valence-corrected chi connectivity index (χ3v) is 5.11. The fourth-order valence-corrected chi connectivity index (χ4v) is 3.47. The highest BCUT2D eigenvalue weighted by Crippen LogP contribution is 2.33. The minimum atomic E-state index is -0.296. The monoisotopic (exact) mass is 379 g/mol. The van der Waals surface area contributed by atoms with Gasteiger partial charge in [-0.1, -0.05) is 0 Å². The summed E-state index contributed by atoms with van der Waals surface area (Å²) in [6.45, 7) is 3.23. The summed E-state index contributed by atoms with van der Waals surface area (Å²) in [5, 5.41) is 7.50. The first kappa shape index (κ1) is 18.3. The molecule has 6 nitrogen and oxygen atoms in total. The zero-order valence-corrected chi connectivity index (χ0v) is 15.7. The smallest absolute Gasteiger partial charge is 0.228 e. The van der Waals surface area contributed by atoms with Crippen molar-refractivity contribution in [1.29, 1.82) is 0 Å². The van der Waals surface area contributed by atoms with Gasteiger partial charge in [-0.2, -0.15) is 5.10 Å². The number of hydrogen-bond donors (Lipinski definition) is 1. The van der Waals surface area contributed by atoms with Gasteiger partial charge in [0.1, 0.15) is 11.5 Å². The highest BCUT2D eigenvalue weighted by atomic mass is 19.1. The Morgan fingerprint density at radius 3 is 2.39 bits per heavy atom. The number of carbonyl (C=O) groups is 1. The first-order valence-corrected chi connectivity index (χ1v) is 9.31. The second-order valence-electron chi connectivity index (χ2n) is 7.03. The van der Waals surface area contributed by atoms with Crippen LogP contribution in [0.15, 0.2) is 48.8 Å². The summed E-state index contributed by atoms with van der Waals surface area (Å²) in [6, 6.07) is 10.00. The largest absolute Gasteiger partial charge is 0.340 e. The van der Waals surface area contributed by atoms with Crippen molar-refractivity contribution in [1.82, 2.24) is 25.0 Å². The SMILES string of the molecule is CN1CCN(C(=O)Cc2[nH]nc(-c3ccc(F)cc3)c2-c2ccncc2)CC1. The molecule has 1 N–H and O–H groups in total. The molecule has 1 amide bonds. The number of rotatable bonds is 4. The van der Waals surface area contributed by atoms with Gasteiger partial charge in [0.15, 0.2) is 0 Å². The number of aromatic nitrogens is 3. The van der Waals surface area contributed by atoms with Crippen LogP contribution >= 0.6 is 0 Å². The Hall–Kier alpha value is -3.06. The molecule has 0 unspecified atom stereocenters. The summed E-state index contributed by atoms with van der Waals surface area (Å²) in [5.74, 6) is -0.215. The second-order valence-corrected chi connectivity index (χ2v) is 7.03. The van der Waals surface area contributed by atoms with Crippen LogP contribution < -0.4 is 0 Å². The van der Waals surface area contributed by atoms with Crippen LogP contribution in [-0.2, 0) is 11.2 Å². The van der Waals surface area contributed by atoms with Crippen LogP contribution in [0.5, 0.6) is 0 Å². The Balaban J connectivity index is 1.67. The first-order chi connectivity index (χ1) is 13.6. The molecular formula is C21H22FN5O. The van der Waals surface area contributed by atoms with E-state index in [2.05, 4.69) is 27.1 Å². The van der Waals surface area contributed by atoms with Crippen molar-refractivity contribution in [3.05, 3.63) is 60.3 Å². The van der Waals surface area contributed by atoms with Gasteiger partial charge >= 0.3 is 0 Å². The van der Waals surface area contributed by atoms with Gasteiger partial charge in [0.05, 0.1) is 12.1 Å². The number of halogens is 1. The van der Waals surface area contributed by atoms with Crippen LogP contribution in [0, 0.1) is 5.82 Å². The van der Waals surface area contributed by atoms with Gasteiger partial charge in [-0.25, -0.2) is 4.39 Å². The van der Waals surface area contributed by atoms with Gasteiger partial charge in [-0.3, -0.25) is 14.9 Å². The van der Waals surface area contributed by atoms with Crippen LogP contribution in [0.4, 0.5) is 4.39 Å². The minimum absolute atomic E-state index is 0.0812. The van der Waals surface area contributed by atoms with E-state index in [-0.39, 0.29) is 18.1 Å². The lowest BCUT2D eigenvalue weighted by atomic mass is 9.98. The zero-order chi connectivity index (χ0) is 19.5. The lowest BCUT2D eigenvalue weighted by Crippen LogP contribution is -2.47. The Labute approximate surface area is 163 Å². The van der Waals surface area contributed by atoms with E-state index < -0.39 is 0 Å². The van der Waals surface area contributed by atoms with Gasteiger partial charge in [0, 0.05) is 49.7 Å². The van der Waals surface area contributed by atoms with E-state index in [1.165, 1.54) is 12.1 Å². The molecule has 1 fully saturated rings. The van der Waals surface area contributed by atoms with Crippen LogP contribution in [0.2, 0.25) is 0 Å². The highest BCUT2D eigenvalue weighted by Gasteiger charge is 2.23. The van der Waals surface area contributed by atoms with E-state index in [1.54, 1.807) is 24.5 Å². The van der Waals surface area contributed by atoms with Gasteiger partial charge < -0.3 is 9.80 Å². The molecule has 4 rings (SSSR count). The van der Waals surface area contributed by atoms with Crippen molar-refractivity contribution < 1.29 is 9.18 Å². The number of pyridine rings is 1. The van der Waals surface area contributed by atoms with E-state index in [1.807, 2.05) is 17.0 Å². The Morgan fingerprint density at radius 2 is 1.71 bits per heavy atom. The van der Waals surface area contributed by atoms with Crippen molar-refractivity contribution >= 4 is 5.91 Å². The molecule has 7 heteroatoms. The third kappa shape index (κ3) is 3.80. The van der Waals surface area contributed by atoms with Crippen LogP contribution in [0.25, 0.3) is 22.4 Å². The standard InChI is InChI=1S/C21H22FN5O/c1-26-10-12-27(13-11-26)19(28)14-18-20(15-6-8-23-9-7-15)21(25-24-18)16-2-4-17(22)5-3-16/h2-9H,10-14H2,1H3,(H,24,25). The number of carbonyl (C=O) groups excluding carboxylic acids is 1. The third-order valence-electron chi connectivity index (χ3n) is 5.11. The molecular weight excluding hydrogens is 357 g/mol. The Morgan fingerprint density at radius 1 is 1.04 bits per heavy atom. The molecule has 1 aliphatic rings. The topological polar surface area (TPSA) is 65.1 Å². The molecule has 0 saturated carbocycles. The van der Waals surface area contributed by atoms with Crippen molar-refractivity contribution in [3.63, 3.8) is 0 Å². The molecule has 2 aromatic heterocycles. The molecule has 144 valence electrons. The first-order valence-electron chi connectivity index (χ1n) is 9.31. The molecule has 0 atom stereocenters. The van der Waals surface area contributed by atoms with Crippen molar-refractivity contribution in [2.45, 2.75) is 6.42 Å². The summed E-state index contributed by atoms with van der Waals surface area (Å²) in [4.78, 5) is 21.0. The Bertz CT molecular complexity index is 947. The number of likely N-dealkylation sites (N-methyl/N-ethyl adjacent to an activating group) is 1. The summed E-state index contributed by atoms with van der Waals surface area (Å²) >= 11 is 0. The molecule has 1 aliphatic heterocycles. The number of aromatic amines is 1. The molecule has 3 aromatic rings. The summed E-state index contributed by atoms with van der Waals surface area (Å²) in [5.41, 5.74) is 4.03. The van der Waals surface area contributed by atoms with Gasteiger partial charge in [0.25, 0.3) is 0 Å². The molecule has 0 radical (unpaired) electrons. The van der Waals surface area contributed by atoms with E-state index in [0.29, 0.717) is 5.69 Å². The van der Waals surface area contributed by atoms with E-state index in [4.69, 9.17) is 0 Å². The van der Waals surface area contributed by atoms with Crippen LogP contribution in [0.3, 0.4) is 0 Å². The minimum Gasteiger partial charge on any atom is -0.340 e. The highest BCUT2D eigenvalue weighted by molar-refractivity contribution is 5.87. The molecule has 1 aromatic carbocycles. The average molecular weight is 379 g/mol. The number of amides is 1. The molecule has 1 saturated heterocycles. The molecule has 0 aliphatic carbocycles. The normalized spacial score (nSPS) is 15.0. The predicted octanol–water partition coefficient (Wildman–Crippen LogP) is 2.59. The second kappa shape index (κ2) is 7.90. The number of piperazine rings is 1. The zero-order valence-electron chi connectivity index (χ0n) is 15.7. The molecule has 28 heavy (non-hydrogen) atoms. The maximum Gasteiger partial charge on any atom is 0.228 e.